The van der Waals surface area contributed by atoms with Gasteiger partial charge < -0.3 is 75.8 Å². The minimum absolute atomic E-state index is 0.00333. The number of aromatic amines is 1. The van der Waals surface area contributed by atoms with Crippen molar-refractivity contribution in [3.8, 4) is 11.5 Å². The van der Waals surface area contributed by atoms with Crippen LogP contribution in [0.25, 0.3) is 21.7 Å². The lowest BCUT2D eigenvalue weighted by Crippen LogP contribution is -2.46. The number of aromatic nitrogens is 2. The first-order chi connectivity index (χ1) is 44.1. The number of aryl methyl sites for hydroxylation is 1. The third-order valence-corrected chi connectivity index (χ3v) is 15.7. The monoisotopic (exact) mass is 1290 g/mol. The van der Waals surface area contributed by atoms with Crippen molar-refractivity contribution < 1.29 is 77.1 Å². The van der Waals surface area contributed by atoms with Crippen LogP contribution < -0.4 is 36.6 Å². The third-order valence-electron chi connectivity index (χ3n) is 15.4. The summed E-state index contributed by atoms with van der Waals surface area (Å²) < 4.78 is 22.5. The van der Waals surface area contributed by atoms with Crippen LogP contribution in [-0.4, -0.2) is 179 Å². The van der Waals surface area contributed by atoms with Crippen LogP contribution in [0.3, 0.4) is 0 Å². The number of pyridine rings is 1. The molecule has 6 aromatic rings. The number of Topliss-reactive ketones (excluding diaryl/α,β-unsaturated/α-hetero) is 1. The number of benzene rings is 4. The SMILES string of the molecule is Cc1cccc2c(OC(=O)N(CCOCCO)CCN(C)C(=O)OCc3ccc(NC(=O)[C@H](CCCNC(N)=O)CC(=O)[C@@H](NC(=O)OCCN4C(=O)C=CC4=O)C(C)C)cc3)cc3c(c12)[C@H](CCl)CN3C(=O)c1cc2cc(NC(=O)c3ccc(O)cc3)ncc2[nH]1. The van der Waals surface area contributed by atoms with Crippen molar-refractivity contribution in [1.29, 1.82) is 0 Å². The number of aromatic hydroxyl groups is 1. The fourth-order valence-electron chi connectivity index (χ4n) is 10.5. The van der Waals surface area contributed by atoms with E-state index in [0.29, 0.717) is 38.8 Å². The third kappa shape index (κ3) is 17.4. The molecule has 4 aromatic carbocycles. The smallest absolute Gasteiger partial charge is 0.415 e. The van der Waals surface area contributed by atoms with Crippen LogP contribution in [0.1, 0.15) is 76.6 Å². The van der Waals surface area contributed by atoms with Crippen molar-refractivity contribution in [1.82, 2.24) is 35.3 Å². The van der Waals surface area contributed by atoms with E-state index in [1.807, 2.05) is 25.1 Å². The van der Waals surface area contributed by atoms with Crippen LogP contribution in [0, 0.1) is 18.8 Å². The summed E-state index contributed by atoms with van der Waals surface area (Å²) >= 11 is 6.65. The van der Waals surface area contributed by atoms with Crippen molar-refractivity contribution in [2.75, 3.05) is 94.2 Å². The maximum absolute atomic E-state index is 14.6. The van der Waals surface area contributed by atoms with Crippen molar-refractivity contribution >= 4 is 110 Å². The van der Waals surface area contributed by atoms with Gasteiger partial charge in [0.05, 0.1) is 49.8 Å². The van der Waals surface area contributed by atoms with E-state index < -0.39 is 77.5 Å². The Morgan fingerprint density at radius 1 is 0.880 bits per heavy atom. The number of H-pyrrole nitrogens is 1. The number of nitrogens with zero attached hydrogens (tertiary/aromatic N) is 5. The topological polar surface area (TPSA) is 364 Å². The van der Waals surface area contributed by atoms with E-state index >= 15 is 0 Å². The van der Waals surface area contributed by atoms with Crippen molar-refractivity contribution in [2.24, 2.45) is 17.6 Å². The number of primary amides is 1. The average Bonchev–Trinajstić information content (AvgIpc) is 1.59. The zero-order chi connectivity index (χ0) is 66.2. The molecule has 8 rings (SSSR count). The maximum atomic E-state index is 14.6. The lowest BCUT2D eigenvalue weighted by atomic mass is 9.89. The van der Waals surface area contributed by atoms with Crippen LogP contribution >= 0.6 is 11.6 Å². The number of amides is 10. The number of phenolic OH excluding ortho intramolecular Hbond substituents is 1. The molecule has 10 amide bonds. The Balaban J connectivity index is 0.888. The molecule has 2 aromatic heterocycles. The maximum Gasteiger partial charge on any atom is 0.415 e. The van der Waals surface area contributed by atoms with Gasteiger partial charge in [-0.15, -0.1) is 11.6 Å². The number of carbonyl (C=O) groups is 10. The van der Waals surface area contributed by atoms with Gasteiger partial charge in [0.15, 0.2) is 5.78 Å². The molecule has 3 atom stereocenters. The summed E-state index contributed by atoms with van der Waals surface area (Å²) in [5.74, 6) is -4.04. The molecule has 2 aliphatic rings. The first-order valence-corrected chi connectivity index (χ1v) is 30.1. The van der Waals surface area contributed by atoms with E-state index in [4.69, 9.17) is 36.3 Å². The molecule has 0 saturated carbocycles. The molecule has 0 fully saturated rings. The predicted molar refractivity (Wildman–Crippen MR) is 338 cm³/mol. The molecule has 0 bridgehead atoms. The number of hydrogen-bond donors (Lipinski definition) is 8. The second-order valence-corrected chi connectivity index (χ2v) is 22.5. The highest BCUT2D eigenvalue weighted by Crippen LogP contribution is 2.47. The van der Waals surface area contributed by atoms with E-state index in [1.54, 1.807) is 61.2 Å². The van der Waals surface area contributed by atoms with E-state index in [1.165, 1.54) is 47.3 Å². The minimum atomic E-state index is -1.07. The Bertz CT molecular complexity index is 3750. The number of anilines is 3. The molecule has 0 spiro atoms. The van der Waals surface area contributed by atoms with Crippen LogP contribution in [-0.2, 0) is 40.0 Å². The molecule has 28 heteroatoms. The van der Waals surface area contributed by atoms with Gasteiger partial charge in [-0.1, -0.05) is 44.2 Å². The normalized spacial score (nSPS) is 14.0. The Morgan fingerprint density at radius 3 is 2.32 bits per heavy atom. The van der Waals surface area contributed by atoms with Gasteiger partial charge in [0.2, 0.25) is 5.91 Å². The molecule has 486 valence electrons. The largest absolute Gasteiger partial charge is 0.508 e. The molecule has 0 radical (unpaired) electrons. The molecular weight excluding hydrogens is 1210 g/mol. The summed E-state index contributed by atoms with van der Waals surface area (Å²) in [7, 11) is 1.49. The number of ether oxygens (including phenoxy) is 4. The number of aliphatic hydroxyl groups excluding tert-OH is 1. The number of hydrogen-bond acceptors (Lipinski definition) is 17. The Morgan fingerprint density at radius 2 is 1.62 bits per heavy atom. The van der Waals surface area contributed by atoms with Gasteiger partial charge >= 0.3 is 24.3 Å². The van der Waals surface area contributed by atoms with Crippen LogP contribution in [0.15, 0.2) is 103 Å². The fraction of sp³-hybridized carbons (Fsp3) is 0.359. The number of nitrogens with one attached hydrogen (secondary N) is 5. The predicted octanol–water partition coefficient (Wildman–Crippen LogP) is 6.68. The summed E-state index contributed by atoms with van der Waals surface area (Å²) in [4.78, 5) is 143. The number of imide groups is 1. The van der Waals surface area contributed by atoms with Crippen LogP contribution in [0.5, 0.6) is 11.5 Å². The molecule has 9 N–H and O–H groups in total. The number of likely N-dealkylation sites (N-methyl/N-ethyl adjacent to an activating group) is 1. The van der Waals surface area contributed by atoms with Crippen LogP contribution in [0.2, 0.25) is 0 Å². The van der Waals surface area contributed by atoms with Gasteiger partial charge in [0.25, 0.3) is 23.6 Å². The number of halogens is 1. The minimum Gasteiger partial charge on any atom is -0.508 e. The molecule has 92 heavy (non-hydrogen) atoms. The highest BCUT2D eigenvalue weighted by molar-refractivity contribution is 6.20. The number of ketones is 1. The molecule has 4 heterocycles. The second-order valence-electron chi connectivity index (χ2n) is 22.2. The fourth-order valence-corrected chi connectivity index (χ4v) is 10.8. The number of urea groups is 1. The number of carbonyl (C=O) groups excluding carboxylic acids is 10. The first kappa shape index (κ1) is 67.8. The zero-order valence-electron chi connectivity index (χ0n) is 51.0. The lowest BCUT2D eigenvalue weighted by molar-refractivity contribution is -0.137. The quantitative estimate of drug-likeness (QED) is 0.0138. The van der Waals surface area contributed by atoms with Crippen molar-refractivity contribution in [2.45, 2.75) is 58.6 Å². The Hall–Kier alpha value is -10.1. The Labute approximate surface area is 533 Å². The van der Waals surface area contributed by atoms with Crippen molar-refractivity contribution in [3.05, 3.63) is 131 Å². The summed E-state index contributed by atoms with van der Waals surface area (Å²) in [5.41, 5.74) is 9.29. The molecule has 27 nitrogen and oxygen atoms in total. The van der Waals surface area contributed by atoms with E-state index in [2.05, 4.69) is 31.2 Å². The van der Waals surface area contributed by atoms with Crippen LogP contribution in [0.4, 0.5) is 36.4 Å². The standard InChI is InChI=1S/C64H72ClN11O16/c1-37(2)57(72-62(86)90-27-24-75-53(80)18-19-54(75)81)50(79)30-41(8-6-20-67-61(66)85)59(83)69-44-14-10-39(11-15-44)36-91-63(87)73(4)21-22-74(23-26-89-28-25-77)64(88)92-51-32-49-56(55-38(3)7-5-9-46(51)55)43(33-65)35-76(49)60(84)47-29-42-31-52(68-34-48(42)70-47)71-58(82)40-12-16-45(78)17-13-40/h5,7,9-19,29,31-32,34,37,41,43,57,70,77-78H,6,8,20-28,30,33,35-36H2,1-4H3,(H,69,83)(H,72,86)(H3,66,67,85)(H,68,71,82)/t41-,43-,57+/m1/s1. The first-order valence-electron chi connectivity index (χ1n) is 29.6. The number of alkyl carbamates (subject to hydrolysis) is 1. The molecular formula is C64H72ClN11O16. The number of rotatable bonds is 29. The molecule has 2 aliphatic heterocycles. The van der Waals surface area contributed by atoms with Gasteiger partial charge in [-0.2, -0.15) is 0 Å². The van der Waals surface area contributed by atoms with Gasteiger partial charge in [-0.3, -0.25) is 33.7 Å². The number of nitrogens with two attached hydrogens (primary N) is 1. The average molecular weight is 1290 g/mol. The highest BCUT2D eigenvalue weighted by Gasteiger charge is 2.37. The summed E-state index contributed by atoms with van der Waals surface area (Å²) in [6, 6.07) is 20.8. The van der Waals surface area contributed by atoms with E-state index in [0.717, 1.165) is 33.6 Å². The molecule has 0 aliphatic carbocycles. The lowest BCUT2D eigenvalue weighted by Gasteiger charge is -2.26. The van der Waals surface area contributed by atoms with E-state index in [-0.39, 0.29) is 126 Å². The summed E-state index contributed by atoms with van der Waals surface area (Å²) in [6.45, 7) is 4.60. The molecule has 0 saturated heterocycles. The summed E-state index contributed by atoms with van der Waals surface area (Å²) in [5, 5.41) is 31.5. The van der Waals surface area contributed by atoms with Gasteiger partial charge in [0, 0.05) is 104 Å². The molecule has 0 unspecified atom stereocenters. The van der Waals surface area contributed by atoms with Gasteiger partial charge in [-0.25, -0.2) is 24.2 Å². The van der Waals surface area contributed by atoms with Gasteiger partial charge in [-0.05, 0) is 96.3 Å². The van der Waals surface area contributed by atoms with E-state index in [9.17, 15) is 58.2 Å². The summed E-state index contributed by atoms with van der Waals surface area (Å²) in [6.07, 6.45) is 1.33. The van der Waals surface area contributed by atoms with Gasteiger partial charge in [0.1, 0.15) is 36.2 Å². The highest BCUT2D eigenvalue weighted by atomic mass is 35.5. The number of phenols is 1. The number of fused-ring (bicyclic) bond motifs is 4. The Kier molecular flexibility index (Phi) is 23.3. The number of alkyl halides is 1. The number of aliphatic hydroxyl groups is 1. The zero-order valence-corrected chi connectivity index (χ0v) is 51.8. The van der Waals surface area contributed by atoms with Crippen molar-refractivity contribution in [3.63, 3.8) is 0 Å². The second kappa shape index (κ2) is 31.6.